The third kappa shape index (κ3) is 3.49. The van der Waals surface area contributed by atoms with Gasteiger partial charge >= 0.3 is 0 Å². The summed E-state index contributed by atoms with van der Waals surface area (Å²) in [6.07, 6.45) is 0.826. The molecule has 0 unspecified atom stereocenters. The van der Waals surface area contributed by atoms with Crippen molar-refractivity contribution in [3.05, 3.63) is 69.8 Å². The molecule has 2 aromatic rings. The summed E-state index contributed by atoms with van der Waals surface area (Å²) >= 11 is 0. The number of non-ortho nitro benzene ring substituents is 1. The van der Waals surface area contributed by atoms with E-state index in [-0.39, 0.29) is 11.6 Å². The largest absolute Gasteiger partial charge is 0.308 e. The molecule has 5 nitrogen and oxygen atoms in total. The van der Waals surface area contributed by atoms with E-state index in [1.165, 1.54) is 24.3 Å². The summed E-state index contributed by atoms with van der Waals surface area (Å²) in [7, 11) is 0. The zero-order valence-electron chi connectivity index (χ0n) is 12.7. The fourth-order valence-corrected chi connectivity index (χ4v) is 2.25. The lowest BCUT2D eigenvalue weighted by molar-refractivity contribution is -0.384. The van der Waals surface area contributed by atoms with Crippen molar-refractivity contribution in [3.8, 4) is 0 Å². The van der Waals surface area contributed by atoms with Crippen LogP contribution in [-0.2, 0) is 0 Å². The lowest BCUT2D eigenvalue weighted by Gasteiger charge is -2.22. The number of aryl methyl sites for hydroxylation is 1. The first-order valence-electron chi connectivity index (χ1n) is 7.16. The smallest absolute Gasteiger partial charge is 0.269 e. The van der Waals surface area contributed by atoms with Crippen molar-refractivity contribution in [2.45, 2.75) is 20.3 Å². The third-order valence-electron chi connectivity index (χ3n) is 3.33. The van der Waals surface area contributed by atoms with Crippen LogP contribution in [0.2, 0.25) is 0 Å². The number of carbonyl (C=O) groups excluding carboxylic acids is 1. The number of hydrogen-bond acceptors (Lipinski definition) is 3. The molecule has 0 bridgehead atoms. The Morgan fingerprint density at radius 1 is 1.18 bits per heavy atom. The second-order valence-electron chi connectivity index (χ2n) is 5.10. The summed E-state index contributed by atoms with van der Waals surface area (Å²) in [4.78, 5) is 24.6. The number of amides is 1. The molecule has 1 amide bonds. The maximum atomic E-state index is 12.7. The van der Waals surface area contributed by atoms with Crippen molar-refractivity contribution >= 4 is 17.3 Å². The molecule has 5 heteroatoms. The van der Waals surface area contributed by atoms with E-state index in [9.17, 15) is 14.9 Å². The van der Waals surface area contributed by atoms with Gasteiger partial charge in [0.2, 0.25) is 0 Å². The Bertz CT molecular complexity index is 681. The van der Waals surface area contributed by atoms with Crippen LogP contribution in [0, 0.1) is 17.0 Å². The van der Waals surface area contributed by atoms with Gasteiger partial charge in [-0.25, -0.2) is 0 Å². The molecule has 0 spiro atoms. The van der Waals surface area contributed by atoms with E-state index in [0.29, 0.717) is 12.1 Å². The molecule has 0 aliphatic rings. The van der Waals surface area contributed by atoms with Crippen LogP contribution in [0.5, 0.6) is 0 Å². The number of rotatable bonds is 5. The van der Waals surface area contributed by atoms with E-state index in [4.69, 9.17) is 0 Å². The Morgan fingerprint density at radius 3 is 2.41 bits per heavy atom. The van der Waals surface area contributed by atoms with Crippen LogP contribution in [0.15, 0.2) is 48.5 Å². The average molecular weight is 298 g/mol. The zero-order chi connectivity index (χ0) is 16.1. The van der Waals surface area contributed by atoms with Crippen LogP contribution in [0.4, 0.5) is 11.4 Å². The predicted molar refractivity (Wildman–Crippen MR) is 86.2 cm³/mol. The highest BCUT2D eigenvalue weighted by Crippen LogP contribution is 2.20. The molecule has 0 saturated carbocycles. The highest BCUT2D eigenvalue weighted by atomic mass is 16.6. The second kappa shape index (κ2) is 6.85. The Hall–Kier alpha value is -2.69. The monoisotopic (exact) mass is 298 g/mol. The highest BCUT2D eigenvalue weighted by Gasteiger charge is 2.18. The minimum Gasteiger partial charge on any atom is -0.308 e. The van der Waals surface area contributed by atoms with Crippen LogP contribution in [-0.4, -0.2) is 17.4 Å². The number of carbonyl (C=O) groups is 1. The van der Waals surface area contributed by atoms with E-state index in [1.807, 2.05) is 38.1 Å². The van der Waals surface area contributed by atoms with Gasteiger partial charge in [0, 0.05) is 29.9 Å². The minimum absolute atomic E-state index is 0.0193. The molecule has 0 aromatic heterocycles. The van der Waals surface area contributed by atoms with E-state index < -0.39 is 4.92 Å². The van der Waals surface area contributed by atoms with Gasteiger partial charge in [-0.2, -0.15) is 0 Å². The summed E-state index contributed by atoms with van der Waals surface area (Å²) in [5.41, 5.74) is 2.34. The summed E-state index contributed by atoms with van der Waals surface area (Å²) in [6, 6.07) is 13.4. The minimum atomic E-state index is -0.474. The summed E-state index contributed by atoms with van der Waals surface area (Å²) in [5.74, 6) is -0.151. The Morgan fingerprint density at radius 2 is 1.86 bits per heavy atom. The van der Waals surface area contributed by atoms with E-state index in [0.717, 1.165) is 17.7 Å². The first-order valence-corrected chi connectivity index (χ1v) is 7.16. The molecule has 114 valence electrons. The molecule has 2 aromatic carbocycles. The molecule has 0 N–H and O–H groups in total. The molecule has 0 aliphatic heterocycles. The van der Waals surface area contributed by atoms with Gasteiger partial charge in [-0.05, 0) is 43.2 Å². The number of nitrogens with zero attached hydrogens (tertiary/aromatic N) is 2. The lowest BCUT2D eigenvalue weighted by atomic mass is 10.1. The van der Waals surface area contributed by atoms with Gasteiger partial charge in [-0.3, -0.25) is 14.9 Å². The quantitative estimate of drug-likeness (QED) is 0.620. The van der Waals surface area contributed by atoms with Gasteiger partial charge in [0.15, 0.2) is 0 Å². The number of anilines is 1. The van der Waals surface area contributed by atoms with Gasteiger partial charge in [-0.1, -0.05) is 19.1 Å². The average Bonchev–Trinajstić information content (AvgIpc) is 2.52. The number of hydrogen-bond donors (Lipinski definition) is 0. The number of nitro groups is 1. The standard InChI is InChI=1S/C17H18N2O3/c1-3-11-18(16-6-4-5-13(2)12-16)17(20)14-7-9-15(10-8-14)19(21)22/h4-10,12H,3,11H2,1-2H3. The van der Waals surface area contributed by atoms with Crippen LogP contribution >= 0.6 is 0 Å². The molecule has 0 atom stereocenters. The summed E-state index contributed by atoms with van der Waals surface area (Å²) in [5, 5.41) is 10.7. The second-order valence-corrected chi connectivity index (χ2v) is 5.10. The van der Waals surface area contributed by atoms with Crippen LogP contribution in [0.1, 0.15) is 29.3 Å². The molecular formula is C17H18N2O3. The van der Waals surface area contributed by atoms with Gasteiger partial charge in [0.05, 0.1) is 4.92 Å². The van der Waals surface area contributed by atoms with Crippen LogP contribution in [0.25, 0.3) is 0 Å². The predicted octanol–water partition coefficient (Wildman–Crippen LogP) is 3.96. The molecule has 0 saturated heterocycles. The van der Waals surface area contributed by atoms with E-state index >= 15 is 0 Å². The molecule has 2 rings (SSSR count). The molecule has 0 fully saturated rings. The third-order valence-corrected chi connectivity index (χ3v) is 3.33. The highest BCUT2D eigenvalue weighted by molar-refractivity contribution is 6.06. The van der Waals surface area contributed by atoms with Gasteiger partial charge < -0.3 is 4.90 Å². The SMILES string of the molecule is CCCN(C(=O)c1ccc([N+](=O)[O-])cc1)c1cccc(C)c1. The van der Waals surface area contributed by atoms with Gasteiger partial charge in [0.1, 0.15) is 0 Å². The first kappa shape index (κ1) is 15.7. The molecular weight excluding hydrogens is 280 g/mol. The maximum absolute atomic E-state index is 12.7. The topological polar surface area (TPSA) is 63.5 Å². The number of nitro benzene ring substituents is 1. The zero-order valence-corrected chi connectivity index (χ0v) is 12.7. The van der Waals surface area contributed by atoms with Crippen molar-refractivity contribution in [3.63, 3.8) is 0 Å². The van der Waals surface area contributed by atoms with Crippen molar-refractivity contribution in [2.24, 2.45) is 0 Å². The van der Waals surface area contributed by atoms with Gasteiger partial charge in [0.25, 0.3) is 11.6 Å². The molecule has 0 aliphatic carbocycles. The van der Waals surface area contributed by atoms with E-state index in [2.05, 4.69) is 0 Å². The molecule has 0 heterocycles. The first-order chi connectivity index (χ1) is 10.5. The molecule has 22 heavy (non-hydrogen) atoms. The van der Waals surface area contributed by atoms with Gasteiger partial charge in [-0.15, -0.1) is 0 Å². The molecule has 0 radical (unpaired) electrons. The Kier molecular flexibility index (Phi) is 4.88. The summed E-state index contributed by atoms with van der Waals surface area (Å²) < 4.78 is 0. The van der Waals surface area contributed by atoms with Crippen molar-refractivity contribution in [1.82, 2.24) is 0 Å². The fraction of sp³-hybridized carbons (Fsp3) is 0.235. The summed E-state index contributed by atoms with van der Waals surface area (Å²) in [6.45, 7) is 4.58. The fourth-order valence-electron chi connectivity index (χ4n) is 2.25. The van der Waals surface area contributed by atoms with Crippen LogP contribution < -0.4 is 4.90 Å². The van der Waals surface area contributed by atoms with Crippen molar-refractivity contribution in [2.75, 3.05) is 11.4 Å². The lowest BCUT2D eigenvalue weighted by Crippen LogP contribution is -2.31. The van der Waals surface area contributed by atoms with Crippen molar-refractivity contribution in [1.29, 1.82) is 0 Å². The normalized spacial score (nSPS) is 10.3. The number of benzene rings is 2. The Balaban J connectivity index is 2.31. The Labute approximate surface area is 129 Å². The van der Waals surface area contributed by atoms with Crippen LogP contribution in [0.3, 0.4) is 0 Å². The van der Waals surface area contributed by atoms with E-state index in [1.54, 1.807) is 4.90 Å². The maximum Gasteiger partial charge on any atom is 0.269 e. The van der Waals surface area contributed by atoms with Crippen molar-refractivity contribution < 1.29 is 9.72 Å².